The van der Waals surface area contributed by atoms with Crippen LogP contribution < -0.4 is 5.32 Å². The molecule has 1 aromatic heterocycles. The predicted molar refractivity (Wildman–Crippen MR) is 102 cm³/mol. The summed E-state index contributed by atoms with van der Waals surface area (Å²) >= 11 is 3.63. The van der Waals surface area contributed by atoms with Crippen molar-refractivity contribution in [2.75, 3.05) is 18.5 Å². The van der Waals surface area contributed by atoms with Crippen molar-refractivity contribution in [3.8, 4) is 11.3 Å². The van der Waals surface area contributed by atoms with E-state index in [1.807, 2.05) is 18.2 Å². The van der Waals surface area contributed by atoms with E-state index in [1.54, 1.807) is 12.1 Å². The van der Waals surface area contributed by atoms with E-state index in [1.165, 1.54) is 6.07 Å². The Labute approximate surface area is 154 Å². The van der Waals surface area contributed by atoms with Gasteiger partial charge in [0.15, 0.2) is 0 Å². The molecule has 1 heterocycles. The van der Waals surface area contributed by atoms with E-state index in [9.17, 15) is 4.39 Å². The summed E-state index contributed by atoms with van der Waals surface area (Å²) in [6.45, 7) is 4.46. The molecule has 130 valence electrons. The number of fused-ring (bicyclic) bond motifs is 1. The minimum Gasteiger partial charge on any atom is -0.395 e. The van der Waals surface area contributed by atoms with Crippen molar-refractivity contribution in [1.82, 2.24) is 9.97 Å². The van der Waals surface area contributed by atoms with Gasteiger partial charge in [0.05, 0.1) is 22.5 Å². The molecule has 2 N–H and O–H groups in total. The zero-order valence-corrected chi connectivity index (χ0v) is 15.6. The Morgan fingerprint density at radius 3 is 2.52 bits per heavy atom. The lowest BCUT2D eigenvalue weighted by Gasteiger charge is -2.16. The molecule has 25 heavy (non-hydrogen) atoms. The summed E-state index contributed by atoms with van der Waals surface area (Å²) in [4.78, 5) is 9.14. The summed E-state index contributed by atoms with van der Waals surface area (Å²) in [5.41, 5.74) is 2.40. The second-order valence-electron chi connectivity index (χ2n) is 6.04. The van der Waals surface area contributed by atoms with Crippen molar-refractivity contribution in [1.29, 1.82) is 0 Å². The lowest BCUT2D eigenvalue weighted by Crippen LogP contribution is -2.11. The van der Waals surface area contributed by atoms with Crippen molar-refractivity contribution in [3.05, 3.63) is 52.4 Å². The lowest BCUT2D eigenvalue weighted by atomic mass is 10.00. The van der Waals surface area contributed by atoms with Crippen LogP contribution in [0.1, 0.15) is 25.5 Å². The molecule has 0 spiro atoms. The van der Waals surface area contributed by atoms with Gasteiger partial charge in [-0.3, -0.25) is 0 Å². The van der Waals surface area contributed by atoms with E-state index in [0.29, 0.717) is 23.6 Å². The Morgan fingerprint density at radius 2 is 1.84 bits per heavy atom. The number of halogens is 2. The summed E-state index contributed by atoms with van der Waals surface area (Å²) in [7, 11) is 0. The molecule has 0 aliphatic carbocycles. The Kier molecular flexibility index (Phi) is 5.30. The van der Waals surface area contributed by atoms with Gasteiger partial charge in [0.2, 0.25) is 5.95 Å². The van der Waals surface area contributed by atoms with Crippen LogP contribution in [0.15, 0.2) is 40.9 Å². The first kappa shape index (κ1) is 17.8. The molecule has 0 aliphatic heterocycles. The molecule has 0 atom stereocenters. The standard InChI is InChI=1S/C19H19BrFN3O/c1-11(2)17-16(20)18(24-19(23-17)22-9-10-25)14-7-8-15(21)13-6-4-3-5-12(13)14/h3-8,11,25H,9-10H2,1-2H3,(H,22,23,24). The van der Waals surface area contributed by atoms with Crippen molar-refractivity contribution >= 4 is 32.7 Å². The predicted octanol–water partition coefficient (Wildman–Crippen LogP) is 4.73. The topological polar surface area (TPSA) is 58.0 Å². The normalized spacial score (nSPS) is 11.3. The first-order valence-corrected chi connectivity index (χ1v) is 8.92. The van der Waals surface area contributed by atoms with Crippen LogP contribution in [0.2, 0.25) is 0 Å². The molecule has 0 saturated heterocycles. The fraction of sp³-hybridized carbons (Fsp3) is 0.263. The van der Waals surface area contributed by atoms with E-state index in [4.69, 9.17) is 5.11 Å². The van der Waals surface area contributed by atoms with Gasteiger partial charge in [0.25, 0.3) is 0 Å². The van der Waals surface area contributed by atoms with Gasteiger partial charge in [0.1, 0.15) is 5.82 Å². The molecule has 4 nitrogen and oxygen atoms in total. The molecule has 0 unspecified atom stereocenters. The van der Waals surface area contributed by atoms with Gasteiger partial charge in [0, 0.05) is 17.5 Å². The summed E-state index contributed by atoms with van der Waals surface area (Å²) in [5.74, 6) is 0.370. The van der Waals surface area contributed by atoms with Crippen molar-refractivity contribution in [2.45, 2.75) is 19.8 Å². The number of nitrogens with one attached hydrogen (secondary N) is 1. The van der Waals surface area contributed by atoms with Crippen molar-refractivity contribution < 1.29 is 9.50 Å². The number of aliphatic hydroxyl groups is 1. The van der Waals surface area contributed by atoms with Gasteiger partial charge >= 0.3 is 0 Å². The summed E-state index contributed by atoms with van der Waals surface area (Å²) < 4.78 is 15.0. The molecule has 0 aliphatic rings. The molecule has 6 heteroatoms. The van der Waals surface area contributed by atoms with Gasteiger partial charge in [-0.2, -0.15) is 0 Å². The van der Waals surface area contributed by atoms with E-state index in [2.05, 4.69) is 45.1 Å². The third kappa shape index (κ3) is 3.50. The molecule has 2 aromatic carbocycles. The van der Waals surface area contributed by atoms with Crippen LogP contribution in [0.5, 0.6) is 0 Å². The Hall–Kier alpha value is -2.05. The monoisotopic (exact) mass is 403 g/mol. The highest BCUT2D eigenvalue weighted by Crippen LogP contribution is 2.37. The zero-order valence-electron chi connectivity index (χ0n) is 14.1. The fourth-order valence-electron chi connectivity index (χ4n) is 2.74. The number of hydrogen-bond acceptors (Lipinski definition) is 4. The molecule has 3 rings (SSSR count). The number of anilines is 1. The van der Waals surface area contributed by atoms with Crippen LogP contribution in [0.25, 0.3) is 22.0 Å². The maximum Gasteiger partial charge on any atom is 0.223 e. The highest BCUT2D eigenvalue weighted by Gasteiger charge is 2.18. The molecule has 3 aromatic rings. The van der Waals surface area contributed by atoms with Crippen LogP contribution in [-0.2, 0) is 0 Å². The average Bonchev–Trinajstić information content (AvgIpc) is 2.61. The highest BCUT2D eigenvalue weighted by molar-refractivity contribution is 9.10. The second-order valence-corrected chi connectivity index (χ2v) is 6.83. The first-order valence-electron chi connectivity index (χ1n) is 8.12. The Bertz CT molecular complexity index is 915. The van der Waals surface area contributed by atoms with E-state index < -0.39 is 0 Å². The molecule has 0 radical (unpaired) electrons. The van der Waals surface area contributed by atoms with Gasteiger partial charge < -0.3 is 10.4 Å². The Balaban J connectivity index is 2.26. The van der Waals surface area contributed by atoms with Crippen molar-refractivity contribution in [3.63, 3.8) is 0 Å². The van der Waals surface area contributed by atoms with Crippen LogP contribution >= 0.6 is 15.9 Å². The van der Waals surface area contributed by atoms with Crippen LogP contribution in [0.3, 0.4) is 0 Å². The van der Waals surface area contributed by atoms with Crippen LogP contribution in [0, 0.1) is 5.82 Å². The fourth-order valence-corrected chi connectivity index (χ4v) is 3.59. The van der Waals surface area contributed by atoms with Gasteiger partial charge in [-0.1, -0.05) is 38.1 Å². The number of aromatic nitrogens is 2. The number of rotatable bonds is 5. The summed E-state index contributed by atoms with van der Waals surface area (Å²) in [6.07, 6.45) is 0. The molecule has 0 bridgehead atoms. The smallest absolute Gasteiger partial charge is 0.223 e. The van der Waals surface area contributed by atoms with E-state index in [-0.39, 0.29) is 18.3 Å². The summed E-state index contributed by atoms with van der Waals surface area (Å²) in [5, 5.41) is 13.4. The van der Waals surface area contributed by atoms with Crippen molar-refractivity contribution in [2.24, 2.45) is 0 Å². The minimum atomic E-state index is -0.257. The maximum atomic E-state index is 14.2. The first-order chi connectivity index (χ1) is 12.0. The molecular formula is C19H19BrFN3O. The average molecular weight is 404 g/mol. The lowest BCUT2D eigenvalue weighted by molar-refractivity contribution is 0.311. The van der Waals surface area contributed by atoms with Gasteiger partial charge in [-0.05, 0) is 39.4 Å². The quantitative estimate of drug-likeness (QED) is 0.646. The van der Waals surface area contributed by atoms with Crippen LogP contribution in [0.4, 0.5) is 10.3 Å². The summed E-state index contributed by atoms with van der Waals surface area (Å²) in [6, 6.07) is 10.6. The number of aliphatic hydroxyl groups excluding tert-OH is 1. The number of benzene rings is 2. The largest absolute Gasteiger partial charge is 0.395 e. The van der Waals surface area contributed by atoms with E-state index >= 15 is 0 Å². The third-order valence-electron chi connectivity index (χ3n) is 3.94. The van der Waals surface area contributed by atoms with Gasteiger partial charge in [-0.25, -0.2) is 14.4 Å². The third-order valence-corrected chi connectivity index (χ3v) is 4.73. The molecule has 0 saturated carbocycles. The highest BCUT2D eigenvalue weighted by atomic mass is 79.9. The second kappa shape index (κ2) is 7.45. The SMILES string of the molecule is CC(C)c1nc(NCCO)nc(-c2ccc(F)c3ccccc23)c1Br. The zero-order chi connectivity index (χ0) is 18.0. The maximum absolute atomic E-state index is 14.2. The van der Waals surface area contributed by atoms with E-state index in [0.717, 1.165) is 21.1 Å². The number of nitrogens with zero attached hydrogens (tertiary/aromatic N) is 2. The van der Waals surface area contributed by atoms with Crippen LogP contribution in [-0.4, -0.2) is 28.2 Å². The minimum absolute atomic E-state index is 0.00868. The van der Waals surface area contributed by atoms with Gasteiger partial charge in [-0.15, -0.1) is 0 Å². The molecule has 0 amide bonds. The Morgan fingerprint density at radius 1 is 1.12 bits per heavy atom. The molecular weight excluding hydrogens is 385 g/mol. The molecule has 0 fully saturated rings. The number of hydrogen-bond donors (Lipinski definition) is 2.